The zero-order valence-electron chi connectivity index (χ0n) is 8.22. The minimum Gasteiger partial charge on any atom is -0.505 e. The van der Waals surface area contributed by atoms with E-state index >= 15 is 0 Å². The van der Waals surface area contributed by atoms with Crippen LogP contribution >= 0.6 is 0 Å². The van der Waals surface area contributed by atoms with Gasteiger partial charge in [0.15, 0.2) is 5.75 Å². The lowest BCUT2D eigenvalue weighted by molar-refractivity contribution is -0.0334. The summed E-state index contributed by atoms with van der Waals surface area (Å²) in [5.74, 6) is -0.0694. The maximum absolute atomic E-state index is 8.83. The molecule has 80 valence electrons. The molecule has 0 amide bonds. The van der Waals surface area contributed by atoms with Crippen LogP contribution in [0.1, 0.15) is 5.56 Å². The molecular formula is C10H12N2O3. The standard InChI is InChI=1S/C6H4N2O.C4H8O2/c7-3-5-1-2-8-4-6(5)9;1-2-6-4-3-5-1/h1-2,4,9H;1-4H2. The molecule has 0 bridgehead atoms. The third-order valence-corrected chi connectivity index (χ3v) is 1.66. The highest BCUT2D eigenvalue weighted by atomic mass is 16.6. The fourth-order valence-corrected chi connectivity index (χ4v) is 0.920. The number of hydrogen-bond donors (Lipinski definition) is 1. The zero-order chi connectivity index (χ0) is 10.9. The first-order chi connectivity index (χ1) is 7.34. The van der Waals surface area contributed by atoms with Gasteiger partial charge in [-0.1, -0.05) is 0 Å². The van der Waals surface area contributed by atoms with Crippen LogP contribution in [0.15, 0.2) is 18.5 Å². The van der Waals surface area contributed by atoms with Crippen LogP contribution in [-0.4, -0.2) is 36.5 Å². The molecule has 5 heteroatoms. The quantitative estimate of drug-likeness (QED) is 0.679. The lowest BCUT2D eigenvalue weighted by atomic mass is 10.3. The maximum Gasteiger partial charge on any atom is 0.151 e. The second kappa shape index (κ2) is 6.76. The average Bonchev–Trinajstić information content (AvgIpc) is 2.33. The van der Waals surface area contributed by atoms with E-state index in [-0.39, 0.29) is 11.3 Å². The summed E-state index contributed by atoms with van der Waals surface area (Å²) in [6, 6.07) is 3.26. The molecule has 2 rings (SSSR count). The second-order valence-corrected chi connectivity index (χ2v) is 2.73. The molecule has 0 radical (unpaired) electrons. The van der Waals surface area contributed by atoms with E-state index in [0.29, 0.717) is 0 Å². The Balaban J connectivity index is 0.000000162. The smallest absolute Gasteiger partial charge is 0.151 e. The third-order valence-electron chi connectivity index (χ3n) is 1.66. The van der Waals surface area contributed by atoms with Crippen LogP contribution in [0.2, 0.25) is 0 Å². The molecule has 1 fully saturated rings. The van der Waals surface area contributed by atoms with E-state index in [0.717, 1.165) is 26.4 Å². The van der Waals surface area contributed by atoms with Gasteiger partial charge in [-0.25, -0.2) is 0 Å². The van der Waals surface area contributed by atoms with Crippen LogP contribution in [0.3, 0.4) is 0 Å². The van der Waals surface area contributed by atoms with Crippen molar-refractivity contribution < 1.29 is 14.6 Å². The molecule has 0 unspecified atom stereocenters. The summed E-state index contributed by atoms with van der Waals surface area (Å²) < 4.78 is 9.89. The van der Waals surface area contributed by atoms with Gasteiger partial charge >= 0.3 is 0 Å². The maximum atomic E-state index is 8.83. The van der Waals surface area contributed by atoms with Gasteiger partial charge in [0.2, 0.25) is 0 Å². The SMILES string of the molecule is C1COCCO1.N#Cc1ccncc1O. The molecule has 1 aliphatic rings. The monoisotopic (exact) mass is 208 g/mol. The summed E-state index contributed by atoms with van der Waals surface area (Å²) in [5.41, 5.74) is 0.255. The van der Waals surface area contributed by atoms with Crippen LogP contribution in [0, 0.1) is 11.3 Å². The molecule has 5 nitrogen and oxygen atoms in total. The van der Waals surface area contributed by atoms with Gasteiger partial charge in [0.1, 0.15) is 6.07 Å². The number of nitriles is 1. The minimum atomic E-state index is -0.0694. The molecule has 1 aromatic heterocycles. The first-order valence-electron chi connectivity index (χ1n) is 4.53. The highest BCUT2D eigenvalue weighted by molar-refractivity contribution is 5.38. The molecule has 0 aromatic carbocycles. The highest BCUT2D eigenvalue weighted by Crippen LogP contribution is 2.10. The zero-order valence-corrected chi connectivity index (χ0v) is 8.22. The van der Waals surface area contributed by atoms with E-state index in [1.165, 1.54) is 18.5 Å². The van der Waals surface area contributed by atoms with E-state index in [4.69, 9.17) is 19.8 Å². The van der Waals surface area contributed by atoms with Gasteiger partial charge in [-0.15, -0.1) is 0 Å². The third kappa shape index (κ3) is 4.40. The molecule has 0 aliphatic carbocycles. The normalized spacial score (nSPS) is 14.6. The Labute approximate surface area is 87.9 Å². The molecule has 1 saturated heterocycles. The number of rotatable bonds is 0. The summed E-state index contributed by atoms with van der Waals surface area (Å²) in [6.45, 7) is 3.11. The molecule has 2 heterocycles. The topological polar surface area (TPSA) is 75.4 Å². The first-order valence-corrected chi connectivity index (χ1v) is 4.53. The molecule has 0 atom stereocenters. The van der Waals surface area contributed by atoms with E-state index in [2.05, 4.69) is 4.98 Å². The van der Waals surface area contributed by atoms with Crippen LogP contribution in [0.4, 0.5) is 0 Å². The second-order valence-electron chi connectivity index (χ2n) is 2.73. The van der Waals surface area contributed by atoms with Crippen molar-refractivity contribution in [3.63, 3.8) is 0 Å². The Morgan fingerprint density at radius 1 is 1.27 bits per heavy atom. The first kappa shape index (κ1) is 11.4. The van der Waals surface area contributed by atoms with E-state index in [9.17, 15) is 0 Å². The number of aromatic nitrogens is 1. The van der Waals surface area contributed by atoms with Crippen molar-refractivity contribution in [2.45, 2.75) is 0 Å². The Morgan fingerprint density at radius 2 is 1.87 bits per heavy atom. The Hall–Kier alpha value is -1.64. The molecular weight excluding hydrogens is 196 g/mol. The van der Waals surface area contributed by atoms with Crippen LogP contribution in [0.25, 0.3) is 0 Å². The molecule has 1 aromatic rings. The average molecular weight is 208 g/mol. The molecule has 1 N–H and O–H groups in total. The number of hydrogen-bond acceptors (Lipinski definition) is 5. The van der Waals surface area contributed by atoms with Crippen molar-refractivity contribution in [2.24, 2.45) is 0 Å². The van der Waals surface area contributed by atoms with Crippen molar-refractivity contribution in [3.8, 4) is 11.8 Å². The van der Waals surface area contributed by atoms with Gasteiger partial charge in [0.05, 0.1) is 38.2 Å². The Bertz CT molecular complexity index is 320. The summed E-state index contributed by atoms with van der Waals surface area (Å²) in [6.07, 6.45) is 2.69. The largest absolute Gasteiger partial charge is 0.505 e. The molecule has 0 spiro atoms. The predicted molar refractivity (Wildman–Crippen MR) is 52.3 cm³/mol. The number of aromatic hydroxyl groups is 1. The Morgan fingerprint density at radius 3 is 2.20 bits per heavy atom. The summed E-state index contributed by atoms with van der Waals surface area (Å²) >= 11 is 0. The predicted octanol–water partition coefficient (Wildman–Crippen LogP) is 0.692. The van der Waals surface area contributed by atoms with E-state index in [1.807, 2.05) is 0 Å². The van der Waals surface area contributed by atoms with Gasteiger partial charge in [0, 0.05) is 6.20 Å². The number of nitrogens with zero attached hydrogens (tertiary/aromatic N) is 2. The number of pyridine rings is 1. The van der Waals surface area contributed by atoms with Crippen molar-refractivity contribution >= 4 is 0 Å². The van der Waals surface area contributed by atoms with Crippen LogP contribution in [-0.2, 0) is 9.47 Å². The molecule has 1 aliphatic heterocycles. The van der Waals surface area contributed by atoms with Crippen molar-refractivity contribution in [2.75, 3.05) is 26.4 Å². The van der Waals surface area contributed by atoms with Crippen LogP contribution in [0.5, 0.6) is 5.75 Å². The van der Waals surface area contributed by atoms with Crippen molar-refractivity contribution in [3.05, 3.63) is 24.0 Å². The van der Waals surface area contributed by atoms with Crippen molar-refractivity contribution in [1.82, 2.24) is 4.98 Å². The lowest BCUT2D eigenvalue weighted by Crippen LogP contribution is -2.16. The van der Waals surface area contributed by atoms with E-state index in [1.54, 1.807) is 6.07 Å². The summed E-state index contributed by atoms with van der Waals surface area (Å²) in [7, 11) is 0. The van der Waals surface area contributed by atoms with Crippen LogP contribution < -0.4 is 0 Å². The lowest BCUT2D eigenvalue weighted by Gasteiger charge is -2.09. The molecule has 0 saturated carbocycles. The van der Waals surface area contributed by atoms with Gasteiger partial charge < -0.3 is 14.6 Å². The van der Waals surface area contributed by atoms with Gasteiger partial charge in [0.25, 0.3) is 0 Å². The fourth-order valence-electron chi connectivity index (χ4n) is 0.920. The highest BCUT2D eigenvalue weighted by Gasteiger charge is 1.94. The van der Waals surface area contributed by atoms with Gasteiger partial charge in [-0.2, -0.15) is 5.26 Å². The van der Waals surface area contributed by atoms with E-state index < -0.39 is 0 Å². The Kier molecular flexibility index (Phi) is 5.15. The van der Waals surface area contributed by atoms with Gasteiger partial charge in [-0.3, -0.25) is 4.98 Å². The molecule has 15 heavy (non-hydrogen) atoms. The summed E-state index contributed by atoms with van der Waals surface area (Å²) in [4.78, 5) is 3.59. The van der Waals surface area contributed by atoms with Crippen molar-refractivity contribution in [1.29, 1.82) is 5.26 Å². The van der Waals surface area contributed by atoms with Gasteiger partial charge in [-0.05, 0) is 6.07 Å². The fraction of sp³-hybridized carbons (Fsp3) is 0.400. The summed E-state index contributed by atoms with van der Waals surface area (Å²) in [5, 5.41) is 17.1. The number of ether oxygens (including phenoxy) is 2. The minimum absolute atomic E-state index is 0.0694.